The lowest BCUT2D eigenvalue weighted by molar-refractivity contribution is -0.131. The second kappa shape index (κ2) is 10.2. The molecule has 0 aliphatic carbocycles. The molecule has 27 heavy (non-hydrogen) atoms. The van der Waals surface area contributed by atoms with Gasteiger partial charge in [0.1, 0.15) is 5.60 Å². The number of nitrogens with zero attached hydrogens (tertiary/aromatic N) is 1. The summed E-state index contributed by atoms with van der Waals surface area (Å²) < 4.78 is 10.7. The highest BCUT2D eigenvalue weighted by atomic mass is 16.5. The second-order valence-corrected chi connectivity index (χ2v) is 7.98. The Morgan fingerprint density at radius 3 is 2.48 bits per heavy atom. The maximum absolute atomic E-state index is 12.6. The fourth-order valence-electron chi connectivity index (χ4n) is 2.71. The maximum Gasteiger partial charge on any atom is 0.246 e. The third-order valence-electron chi connectivity index (χ3n) is 5.11. The Hall–Kier alpha value is -1.48. The average molecular weight is 386 g/mol. The summed E-state index contributed by atoms with van der Waals surface area (Å²) in [6, 6.07) is 0. The molecule has 0 unspecified atom stereocenters. The van der Waals surface area contributed by atoms with E-state index in [0.717, 1.165) is 38.7 Å². The van der Waals surface area contributed by atoms with Crippen LogP contribution in [0.2, 0.25) is 0 Å². The Bertz CT molecular complexity index is 539. The van der Waals surface area contributed by atoms with Gasteiger partial charge in [-0.2, -0.15) is 0 Å². The van der Waals surface area contributed by atoms with Gasteiger partial charge in [-0.3, -0.25) is 15.0 Å². The molecule has 156 valence electrons. The summed E-state index contributed by atoms with van der Waals surface area (Å²) in [5.41, 5.74) is -1.83. The first kappa shape index (κ1) is 23.6. The van der Waals surface area contributed by atoms with E-state index in [0.29, 0.717) is 5.92 Å². The zero-order valence-electron chi connectivity index (χ0n) is 17.2. The summed E-state index contributed by atoms with van der Waals surface area (Å²) in [4.78, 5) is 14.6. The van der Waals surface area contributed by atoms with Crippen LogP contribution in [0.15, 0.2) is 12.0 Å². The minimum Gasteiger partial charge on any atom is -0.494 e. The second-order valence-electron chi connectivity index (χ2n) is 7.98. The molecule has 0 atom stereocenters. The summed E-state index contributed by atoms with van der Waals surface area (Å²) in [5, 5.41) is 29.4. The lowest BCUT2D eigenvalue weighted by Crippen LogP contribution is -2.54. The van der Waals surface area contributed by atoms with Gasteiger partial charge in [-0.15, -0.1) is 0 Å². The highest BCUT2D eigenvalue weighted by molar-refractivity contribution is 5.99. The molecule has 0 aromatic carbocycles. The van der Waals surface area contributed by atoms with Crippen LogP contribution in [0, 0.1) is 11.3 Å². The molecule has 0 aromatic heterocycles. The minimum absolute atomic E-state index is 0.0119. The Labute approximate surface area is 162 Å². The van der Waals surface area contributed by atoms with Gasteiger partial charge in [0, 0.05) is 25.8 Å². The molecule has 1 aliphatic heterocycles. The van der Waals surface area contributed by atoms with E-state index in [-0.39, 0.29) is 24.8 Å². The number of aliphatic hydroxyl groups excluding tert-OH is 2. The third kappa shape index (κ3) is 7.21. The van der Waals surface area contributed by atoms with Crippen LogP contribution in [0.4, 0.5) is 0 Å². The summed E-state index contributed by atoms with van der Waals surface area (Å²) in [6.07, 6.45) is 3.12. The number of likely N-dealkylation sites (N-methyl/N-ethyl adjacent to an activating group) is 1. The molecule has 1 aliphatic rings. The predicted molar refractivity (Wildman–Crippen MR) is 104 cm³/mol. The Morgan fingerprint density at radius 1 is 1.33 bits per heavy atom. The molecule has 1 rings (SSSR count). The summed E-state index contributed by atoms with van der Waals surface area (Å²) in [7, 11) is 1.89. The molecule has 1 fully saturated rings. The van der Waals surface area contributed by atoms with E-state index in [1.807, 2.05) is 11.9 Å². The number of hydrogen-bond acceptors (Lipinski definition) is 7. The van der Waals surface area contributed by atoms with Crippen LogP contribution in [0.3, 0.4) is 0 Å². The summed E-state index contributed by atoms with van der Waals surface area (Å²) >= 11 is 0. The quantitative estimate of drug-likeness (QED) is 0.334. The van der Waals surface area contributed by atoms with Crippen LogP contribution in [0.5, 0.6) is 0 Å². The van der Waals surface area contributed by atoms with Gasteiger partial charge in [0.05, 0.1) is 24.5 Å². The predicted octanol–water partition coefficient (Wildman–Crippen LogP) is 1.45. The number of carbonyl (C=O) groups excluding carboxylic acids is 1. The Morgan fingerprint density at radius 2 is 1.93 bits per heavy atom. The Kier molecular flexibility index (Phi) is 8.87. The van der Waals surface area contributed by atoms with Crippen molar-refractivity contribution in [1.29, 1.82) is 5.41 Å². The van der Waals surface area contributed by atoms with Gasteiger partial charge < -0.3 is 25.1 Å². The number of rotatable bonds is 10. The van der Waals surface area contributed by atoms with Gasteiger partial charge in [-0.25, -0.2) is 0 Å². The van der Waals surface area contributed by atoms with Crippen molar-refractivity contribution < 1.29 is 24.5 Å². The van der Waals surface area contributed by atoms with Crippen LogP contribution in [0.1, 0.15) is 40.5 Å². The molecule has 1 heterocycles. The first-order chi connectivity index (χ1) is 12.5. The molecule has 0 bridgehead atoms. The van der Waals surface area contributed by atoms with Crippen LogP contribution in [0.25, 0.3) is 0 Å². The van der Waals surface area contributed by atoms with E-state index in [1.165, 1.54) is 0 Å². The van der Waals surface area contributed by atoms with Crippen molar-refractivity contribution in [1.82, 2.24) is 10.2 Å². The van der Waals surface area contributed by atoms with Crippen molar-refractivity contribution >= 4 is 11.6 Å². The van der Waals surface area contributed by atoms with E-state index >= 15 is 0 Å². The van der Waals surface area contributed by atoms with Crippen molar-refractivity contribution in [3.63, 3.8) is 0 Å². The number of carbonyl (C=O) groups is 1. The number of ether oxygens (including phenoxy) is 2. The normalized spacial score (nSPS) is 17.2. The summed E-state index contributed by atoms with van der Waals surface area (Å²) in [5.74, 6) is -0.275. The fraction of sp³-hybridized carbons (Fsp3) is 0.789. The highest BCUT2D eigenvalue weighted by Gasteiger charge is 2.34. The molecule has 8 nitrogen and oxygen atoms in total. The van der Waals surface area contributed by atoms with E-state index in [2.05, 4.69) is 5.32 Å². The van der Waals surface area contributed by atoms with Gasteiger partial charge in [-0.05, 0) is 53.5 Å². The number of amides is 1. The zero-order chi connectivity index (χ0) is 20.7. The molecule has 0 radical (unpaired) electrons. The van der Waals surface area contributed by atoms with Gasteiger partial charge in [-0.1, -0.05) is 0 Å². The third-order valence-corrected chi connectivity index (χ3v) is 5.11. The lowest BCUT2D eigenvalue weighted by atomic mass is 9.95. The minimum atomic E-state index is -0.989. The SMILES string of the molecule is CN(CC1CCOCC1)C(C)(C)C(=O)N/C(O)=C/C(=N)C(C)(C)OCCO. The zero-order valence-corrected chi connectivity index (χ0v) is 17.2. The van der Waals surface area contributed by atoms with Crippen molar-refractivity contribution in [2.75, 3.05) is 40.0 Å². The molecular weight excluding hydrogens is 350 g/mol. The van der Waals surface area contributed by atoms with Crippen LogP contribution < -0.4 is 5.32 Å². The Balaban J connectivity index is 2.66. The van der Waals surface area contributed by atoms with Crippen molar-refractivity contribution in [3.8, 4) is 0 Å². The number of hydrogen-bond donors (Lipinski definition) is 4. The number of nitrogens with one attached hydrogen (secondary N) is 2. The van der Waals surface area contributed by atoms with Gasteiger partial charge in [0.25, 0.3) is 0 Å². The molecule has 1 saturated heterocycles. The van der Waals surface area contributed by atoms with E-state index < -0.39 is 17.0 Å². The lowest BCUT2D eigenvalue weighted by Gasteiger charge is -2.37. The first-order valence-corrected chi connectivity index (χ1v) is 9.35. The molecular formula is C19H35N3O5. The molecule has 0 aromatic rings. The van der Waals surface area contributed by atoms with E-state index in [9.17, 15) is 9.90 Å². The maximum atomic E-state index is 12.6. The summed E-state index contributed by atoms with van der Waals surface area (Å²) in [6.45, 7) is 9.12. The van der Waals surface area contributed by atoms with Gasteiger partial charge >= 0.3 is 0 Å². The molecule has 0 saturated carbocycles. The molecule has 0 spiro atoms. The fourth-order valence-corrected chi connectivity index (χ4v) is 2.71. The van der Waals surface area contributed by atoms with E-state index in [1.54, 1.807) is 27.7 Å². The van der Waals surface area contributed by atoms with Gasteiger partial charge in [0.2, 0.25) is 5.91 Å². The first-order valence-electron chi connectivity index (χ1n) is 9.35. The van der Waals surface area contributed by atoms with Crippen LogP contribution >= 0.6 is 0 Å². The van der Waals surface area contributed by atoms with Crippen LogP contribution in [-0.4, -0.2) is 77.9 Å². The smallest absolute Gasteiger partial charge is 0.246 e. The van der Waals surface area contributed by atoms with Crippen molar-refractivity contribution in [2.45, 2.75) is 51.7 Å². The molecule has 4 N–H and O–H groups in total. The van der Waals surface area contributed by atoms with Crippen molar-refractivity contribution in [3.05, 3.63) is 12.0 Å². The van der Waals surface area contributed by atoms with Gasteiger partial charge in [0.15, 0.2) is 5.88 Å². The highest BCUT2D eigenvalue weighted by Crippen LogP contribution is 2.21. The standard InChI is InChI=1S/C19H35N3O5/c1-18(2,22(5)13-14-6-9-26-10-7-14)17(25)21-16(24)12-15(20)19(3,4)27-11-8-23/h12,14,20,23-24H,6-11,13H2,1-5H3,(H,21,25)/b16-12-,20-15?. The van der Waals surface area contributed by atoms with Crippen LogP contribution in [-0.2, 0) is 14.3 Å². The largest absolute Gasteiger partial charge is 0.494 e. The van der Waals surface area contributed by atoms with E-state index in [4.69, 9.17) is 20.0 Å². The average Bonchev–Trinajstić information content (AvgIpc) is 2.60. The molecule has 8 heteroatoms. The monoisotopic (exact) mass is 385 g/mol. The molecule has 1 amide bonds. The number of aliphatic hydroxyl groups is 2. The van der Waals surface area contributed by atoms with Crippen molar-refractivity contribution in [2.24, 2.45) is 5.92 Å². The topological polar surface area (TPSA) is 115 Å².